The van der Waals surface area contributed by atoms with E-state index in [-0.39, 0.29) is 21.6 Å². The third-order valence-electron chi connectivity index (χ3n) is 5.51. The molecule has 1 amide bonds. The second-order valence-corrected chi connectivity index (χ2v) is 11.2. The maximum absolute atomic E-state index is 13.7. The summed E-state index contributed by atoms with van der Waals surface area (Å²) in [4.78, 5) is 20.9. The highest BCUT2D eigenvalue weighted by Crippen LogP contribution is 2.34. The van der Waals surface area contributed by atoms with Crippen molar-refractivity contribution in [2.75, 3.05) is 10.0 Å². The van der Waals surface area contributed by atoms with Gasteiger partial charge < -0.3 is 5.32 Å². The van der Waals surface area contributed by atoms with E-state index in [2.05, 4.69) is 30.2 Å². The van der Waals surface area contributed by atoms with Gasteiger partial charge in [0, 0.05) is 22.5 Å². The van der Waals surface area contributed by atoms with Crippen molar-refractivity contribution in [1.82, 2.24) is 20.2 Å². The van der Waals surface area contributed by atoms with E-state index < -0.39 is 15.8 Å². The summed E-state index contributed by atoms with van der Waals surface area (Å²) in [5, 5.41) is 12.8. The smallest absolute Gasteiger partial charge is 0.275 e. The largest absolute Gasteiger partial charge is 0.320 e. The number of carbonyl (C=O) groups excluding carboxylic acids is 1. The number of hydrogen-bond acceptors (Lipinski definition) is 7. The zero-order chi connectivity index (χ0) is 26.3. The van der Waals surface area contributed by atoms with Gasteiger partial charge in [-0.3, -0.25) is 14.6 Å². The number of amides is 1. The van der Waals surface area contributed by atoms with Crippen LogP contribution in [0, 0.1) is 19.7 Å². The average molecular weight is 557 g/mol. The Kier molecular flexibility index (Phi) is 6.40. The first-order chi connectivity index (χ1) is 17.6. The van der Waals surface area contributed by atoms with Gasteiger partial charge >= 0.3 is 0 Å². The number of H-pyrrole nitrogens is 1. The molecule has 0 aliphatic rings. The Bertz CT molecular complexity index is 1780. The molecule has 0 fully saturated rings. The van der Waals surface area contributed by atoms with Crippen molar-refractivity contribution < 1.29 is 17.6 Å². The maximum atomic E-state index is 13.7. The minimum atomic E-state index is -4.16. The zero-order valence-electron chi connectivity index (χ0n) is 19.3. The number of rotatable bonds is 6. The molecule has 0 bridgehead atoms. The minimum absolute atomic E-state index is 0.0102. The molecule has 0 saturated heterocycles. The number of hydrogen-bond donors (Lipinski definition) is 3. The summed E-state index contributed by atoms with van der Waals surface area (Å²) in [7, 11) is -4.16. The SMILES string of the molecule is Cc1nc(C(=O)Nc2cc(-c3cnc(Cl)c(NS(=O)(=O)c4cc(F)ccc4C)c3)cc3[nH]ncc23)cs1. The monoisotopic (exact) mass is 556 g/mol. The van der Waals surface area contributed by atoms with Crippen molar-refractivity contribution in [2.45, 2.75) is 18.7 Å². The number of aryl methyl sites for hydroxylation is 2. The van der Waals surface area contributed by atoms with Crippen LogP contribution in [0.1, 0.15) is 21.1 Å². The number of benzene rings is 2. The Morgan fingerprint density at radius 1 is 1.08 bits per heavy atom. The molecule has 0 spiro atoms. The molecular weight excluding hydrogens is 539 g/mol. The summed E-state index contributed by atoms with van der Waals surface area (Å²) in [5.41, 5.74) is 2.90. The van der Waals surface area contributed by atoms with E-state index in [9.17, 15) is 17.6 Å². The van der Waals surface area contributed by atoms with Gasteiger partial charge in [-0.25, -0.2) is 22.8 Å². The number of halogens is 2. The molecule has 2 aromatic carbocycles. The number of nitrogens with one attached hydrogen (secondary N) is 3. The number of thiazole rings is 1. The molecule has 3 heterocycles. The first kappa shape index (κ1) is 24.8. The van der Waals surface area contributed by atoms with Crippen molar-refractivity contribution >= 4 is 61.1 Å². The van der Waals surface area contributed by atoms with E-state index in [0.29, 0.717) is 39.0 Å². The summed E-state index contributed by atoms with van der Waals surface area (Å²) >= 11 is 7.57. The molecule has 3 aromatic heterocycles. The lowest BCUT2D eigenvalue weighted by Gasteiger charge is -2.13. The van der Waals surface area contributed by atoms with Gasteiger partial charge in [-0.05, 0) is 55.3 Å². The van der Waals surface area contributed by atoms with Crippen molar-refractivity contribution in [2.24, 2.45) is 0 Å². The lowest BCUT2D eigenvalue weighted by molar-refractivity contribution is 0.102. The van der Waals surface area contributed by atoms with Crippen LogP contribution in [0.2, 0.25) is 5.15 Å². The third kappa shape index (κ3) is 5.03. The Morgan fingerprint density at radius 3 is 2.62 bits per heavy atom. The van der Waals surface area contributed by atoms with Gasteiger partial charge in [0.25, 0.3) is 15.9 Å². The molecule has 0 saturated carbocycles. The van der Waals surface area contributed by atoms with Crippen LogP contribution in [0.3, 0.4) is 0 Å². The van der Waals surface area contributed by atoms with E-state index in [0.717, 1.165) is 11.1 Å². The third-order valence-corrected chi connectivity index (χ3v) is 8.10. The van der Waals surface area contributed by atoms with Crippen molar-refractivity contribution in [3.8, 4) is 11.1 Å². The number of anilines is 2. The molecule has 13 heteroatoms. The van der Waals surface area contributed by atoms with Crippen LogP contribution in [0.25, 0.3) is 22.0 Å². The van der Waals surface area contributed by atoms with Gasteiger partial charge in [0.2, 0.25) is 0 Å². The fraction of sp³-hybridized carbons (Fsp3) is 0.0833. The summed E-state index contributed by atoms with van der Waals surface area (Å²) in [6, 6.07) is 8.51. The Morgan fingerprint density at radius 2 is 1.86 bits per heavy atom. The van der Waals surface area contributed by atoms with Crippen LogP contribution in [-0.4, -0.2) is 34.5 Å². The number of pyridine rings is 1. The van der Waals surface area contributed by atoms with Crippen LogP contribution < -0.4 is 10.0 Å². The number of sulfonamides is 1. The molecule has 188 valence electrons. The van der Waals surface area contributed by atoms with Gasteiger partial charge in [0.05, 0.1) is 33.0 Å². The second-order valence-electron chi connectivity index (χ2n) is 8.14. The molecule has 0 radical (unpaired) electrons. The van der Waals surface area contributed by atoms with E-state index in [1.54, 1.807) is 30.6 Å². The van der Waals surface area contributed by atoms with Crippen LogP contribution in [0.4, 0.5) is 15.8 Å². The fourth-order valence-electron chi connectivity index (χ4n) is 3.72. The van der Waals surface area contributed by atoms with Gasteiger partial charge in [-0.1, -0.05) is 17.7 Å². The number of aromatic amines is 1. The standard InChI is InChI=1S/C24H18ClFN6O3S2/c1-12-3-4-16(26)8-22(12)37(34,35)32-20-7-15(9-27-23(20)25)14-5-18(17-10-28-31-19(17)6-14)30-24(33)21-11-36-13(2)29-21/h3-11,32H,1-2H3,(H,28,31)(H,30,33). The Hall–Kier alpha value is -3.87. The minimum Gasteiger partial charge on any atom is -0.320 e. The van der Waals surface area contributed by atoms with Crippen LogP contribution >= 0.6 is 22.9 Å². The lowest BCUT2D eigenvalue weighted by Crippen LogP contribution is -2.15. The van der Waals surface area contributed by atoms with Gasteiger partial charge in [-0.15, -0.1) is 11.3 Å². The molecule has 0 aliphatic heterocycles. The maximum Gasteiger partial charge on any atom is 0.275 e. The fourth-order valence-corrected chi connectivity index (χ4v) is 5.83. The van der Waals surface area contributed by atoms with Crippen molar-refractivity contribution in [3.05, 3.63) is 81.4 Å². The summed E-state index contributed by atoms with van der Waals surface area (Å²) in [6.45, 7) is 3.37. The second kappa shape index (κ2) is 9.54. The zero-order valence-corrected chi connectivity index (χ0v) is 21.7. The highest BCUT2D eigenvalue weighted by Gasteiger charge is 2.21. The first-order valence-corrected chi connectivity index (χ1v) is 13.5. The Balaban J connectivity index is 1.52. The van der Waals surface area contributed by atoms with Gasteiger partial charge in [0.1, 0.15) is 11.5 Å². The van der Waals surface area contributed by atoms with E-state index in [1.807, 2.05) is 6.92 Å². The van der Waals surface area contributed by atoms with Crippen LogP contribution in [0.5, 0.6) is 0 Å². The predicted octanol–water partition coefficient (Wildman–Crippen LogP) is 5.54. The number of aromatic nitrogens is 4. The van der Waals surface area contributed by atoms with Gasteiger partial charge in [-0.2, -0.15) is 5.10 Å². The summed E-state index contributed by atoms with van der Waals surface area (Å²) < 4.78 is 42.1. The normalized spacial score (nSPS) is 11.6. The molecule has 5 rings (SSSR count). The summed E-state index contributed by atoms with van der Waals surface area (Å²) in [5.74, 6) is -1.06. The highest BCUT2D eigenvalue weighted by molar-refractivity contribution is 7.92. The number of fused-ring (bicyclic) bond motifs is 1. The molecule has 0 atom stereocenters. The van der Waals surface area contributed by atoms with Crippen LogP contribution in [-0.2, 0) is 10.0 Å². The van der Waals surface area contributed by atoms with Crippen molar-refractivity contribution in [3.63, 3.8) is 0 Å². The van der Waals surface area contributed by atoms with Crippen LogP contribution in [0.15, 0.2) is 59.1 Å². The molecule has 3 N–H and O–H groups in total. The quantitative estimate of drug-likeness (QED) is 0.235. The molecule has 0 aliphatic carbocycles. The molecule has 0 unspecified atom stereocenters. The van der Waals surface area contributed by atoms with E-state index in [1.165, 1.54) is 35.7 Å². The molecule has 37 heavy (non-hydrogen) atoms. The average Bonchev–Trinajstić information content (AvgIpc) is 3.51. The van der Waals surface area contributed by atoms with Crippen molar-refractivity contribution in [1.29, 1.82) is 0 Å². The molecule has 5 aromatic rings. The molecular formula is C24H18ClFN6O3S2. The predicted molar refractivity (Wildman–Crippen MR) is 141 cm³/mol. The Labute approximate surface area is 219 Å². The number of nitrogens with zero attached hydrogens (tertiary/aromatic N) is 3. The first-order valence-electron chi connectivity index (χ1n) is 10.8. The lowest BCUT2D eigenvalue weighted by atomic mass is 10.0. The van der Waals surface area contributed by atoms with Gasteiger partial charge in [0.15, 0.2) is 5.15 Å². The highest BCUT2D eigenvalue weighted by atomic mass is 35.5. The topological polar surface area (TPSA) is 130 Å². The van der Waals surface area contributed by atoms with E-state index in [4.69, 9.17) is 11.6 Å². The summed E-state index contributed by atoms with van der Waals surface area (Å²) in [6.07, 6.45) is 3.06. The number of carbonyl (C=O) groups is 1. The molecule has 9 nitrogen and oxygen atoms in total. The van der Waals surface area contributed by atoms with E-state index >= 15 is 0 Å².